The van der Waals surface area contributed by atoms with Crippen LogP contribution in [0.25, 0.3) is 0 Å². The highest BCUT2D eigenvalue weighted by Gasteiger charge is 2.36. The Morgan fingerprint density at radius 2 is 2.18 bits per heavy atom. The Labute approximate surface area is 103 Å². The highest BCUT2D eigenvalue weighted by molar-refractivity contribution is 5.17. The van der Waals surface area contributed by atoms with Crippen LogP contribution in [-0.4, -0.2) is 17.8 Å². The van der Waals surface area contributed by atoms with Gasteiger partial charge in [0, 0.05) is 12.0 Å². The molecule has 96 valence electrons. The van der Waals surface area contributed by atoms with Gasteiger partial charge in [0.1, 0.15) is 11.5 Å². The molecular formula is C14H23NO2. The topological polar surface area (TPSA) is 45.4 Å². The van der Waals surface area contributed by atoms with Gasteiger partial charge in [-0.3, -0.25) is 0 Å². The number of rotatable bonds is 6. The van der Waals surface area contributed by atoms with Crippen molar-refractivity contribution >= 4 is 0 Å². The minimum Gasteiger partial charge on any atom is -0.464 e. The first-order chi connectivity index (χ1) is 8.11. The van der Waals surface area contributed by atoms with Gasteiger partial charge >= 0.3 is 0 Å². The summed E-state index contributed by atoms with van der Waals surface area (Å²) in [6.07, 6.45) is 1.26. The molecule has 3 atom stereocenters. The van der Waals surface area contributed by atoms with Crippen molar-refractivity contribution in [1.29, 1.82) is 0 Å². The Balaban J connectivity index is 1.84. The van der Waals surface area contributed by atoms with Crippen molar-refractivity contribution in [2.24, 2.45) is 11.8 Å². The van der Waals surface area contributed by atoms with Crippen molar-refractivity contribution in [3.63, 3.8) is 0 Å². The number of hydrogen-bond acceptors (Lipinski definition) is 3. The summed E-state index contributed by atoms with van der Waals surface area (Å²) in [6, 6.07) is 4.28. The van der Waals surface area contributed by atoms with Crippen LogP contribution >= 0.6 is 0 Å². The lowest BCUT2D eigenvalue weighted by Crippen LogP contribution is -2.36. The third kappa shape index (κ3) is 3.11. The normalized spacial score (nSPS) is 25.2. The fourth-order valence-corrected chi connectivity index (χ4v) is 2.15. The summed E-state index contributed by atoms with van der Waals surface area (Å²) in [6.45, 7) is 7.34. The molecule has 1 aliphatic rings. The maximum atomic E-state index is 9.22. The number of aliphatic hydroxyl groups excluding tert-OH is 1. The van der Waals surface area contributed by atoms with E-state index < -0.39 is 0 Å². The number of nitrogens with one attached hydrogen (secondary N) is 1. The van der Waals surface area contributed by atoms with Gasteiger partial charge in [-0.1, -0.05) is 20.8 Å². The first-order valence-electron chi connectivity index (χ1n) is 6.54. The summed E-state index contributed by atoms with van der Waals surface area (Å²) >= 11 is 0. The first kappa shape index (κ1) is 12.7. The molecule has 0 amide bonds. The number of hydrogen-bond donors (Lipinski definition) is 2. The maximum absolute atomic E-state index is 9.22. The second kappa shape index (κ2) is 5.23. The molecule has 0 spiro atoms. The average molecular weight is 237 g/mol. The monoisotopic (exact) mass is 237 g/mol. The van der Waals surface area contributed by atoms with Crippen molar-refractivity contribution in [3.05, 3.63) is 23.7 Å². The molecule has 1 aromatic rings. The predicted octanol–water partition coefficient (Wildman–Crippen LogP) is 2.51. The molecule has 3 heteroatoms. The largest absolute Gasteiger partial charge is 0.464 e. The van der Waals surface area contributed by atoms with E-state index in [1.807, 2.05) is 6.07 Å². The Bertz CT molecular complexity index is 359. The van der Waals surface area contributed by atoms with Crippen LogP contribution < -0.4 is 5.32 Å². The van der Waals surface area contributed by atoms with E-state index in [4.69, 9.17) is 4.42 Å². The van der Waals surface area contributed by atoms with Gasteiger partial charge in [-0.15, -0.1) is 0 Å². The SMILES string of the molecule is CC1CC1c1ccc(CN[C@H](CO)C(C)C)o1. The Morgan fingerprint density at radius 1 is 1.47 bits per heavy atom. The van der Waals surface area contributed by atoms with E-state index in [-0.39, 0.29) is 12.6 Å². The van der Waals surface area contributed by atoms with E-state index in [1.165, 1.54) is 6.42 Å². The van der Waals surface area contributed by atoms with Crippen LogP contribution in [0.5, 0.6) is 0 Å². The summed E-state index contributed by atoms with van der Waals surface area (Å²) in [4.78, 5) is 0. The molecule has 3 nitrogen and oxygen atoms in total. The van der Waals surface area contributed by atoms with Crippen LogP contribution in [-0.2, 0) is 6.54 Å². The van der Waals surface area contributed by atoms with Gasteiger partial charge in [0.2, 0.25) is 0 Å². The second-order valence-electron chi connectivity index (χ2n) is 5.54. The zero-order valence-electron chi connectivity index (χ0n) is 10.9. The zero-order chi connectivity index (χ0) is 12.4. The van der Waals surface area contributed by atoms with Crippen LogP contribution in [0.15, 0.2) is 16.5 Å². The molecule has 2 N–H and O–H groups in total. The smallest absolute Gasteiger partial charge is 0.117 e. The highest BCUT2D eigenvalue weighted by Crippen LogP contribution is 2.47. The molecular weight excluding hydrogens is 214 g/mol. The van der Waals surface area contributed by atoms with Gasteiger partial charge in [0.05, 0.1) is 13.2 Å². The molecule has 1 saturated carbocycles. The van der Waals surface area contributed by atoms with Crippen LogP contribution in [0, 0.1) is 11.8 Å². The van der Waals surface area contributed by atoms with Crippen molar-refractivity contribution in [1.82, 2.24) is 5.32 Å². The molecule has 1 aromatic heterocycles. The molecule has 1 aliphatic carbocycles. The van der Waals surface area contributed by atoms with E-state index in [0.717, 1.165) is 17.4 Å². The van der Waals surface area contributed by atoms with Gasteiger partial charge in [0.15, 0.2) is 0 Å². The predicted molar refractivity (Wildman–Crippen MR) is 67.8 cm³/mol. The van der Waals surface area contributed by atoms with Gasteiger partial charge in [-0.25, -0.2) is 0 Å². The van der Waals surface area contributed by atoms with Gasteiger partial charge in [-0.2, -0.15) is 0 Å². The molecule has 0 aliphatic heterocycles. The van der Waals surface area contributed by atoms with Crippen LogP contribution in [0.3, 0.4) is 0 Å². The van der Waals surface area contributed by atoms with E-state index in [1.54, 1.807) is 0 Å². The molecule has 0 bridgehead atoms. The highest BCUT2D eigenvalue weighted by atomic mass is 16.3. The minimum absolute atomic E-state index is 0.142. The summed E-state index contributed by atoms with van der Waals surface area (Å²) in [5, 5.41) is 12.5. The van der Waals surface area contributed by atoms with Crippen LogP contribution in [0.2, 0.25) is 0 Å². The van der Waals surface area contributed by atoms with E-state index >= 15 is 0 Å². The number of furan rings is 1. The van der Waals surface area contributed by atoms with Crippen molar-refractivity contribution in [2.75, 3.05) is 6.61 Å². The van der Waals surface area contributed by atoms with Crippen molar-refractivity contribution in [2.45, 2.75) is 45.7 Å². The molecule has 1 fully saturated rings. The lowest BCUT2D eigenvalue weighted by molar-refractivity contribution is 0.207. The molecule has 0 radical (unpaired) electrons. The molecule has 2 rings (SSSR count). The molecule has 17 heavy (non-hydrogen) atoms. The number of aliphatic hydroxyl groups is 1. The Morgan fingerprint density at radius 3 is 2.71 bits per heavy atom. The zero-order valence-corrected chi connectivity index (χ0v) is 10.9. The Kier molecular flexibility index (Phi) is 3.89. The third-order valence-corrected chi connectivity index (χ3v) is 3.70. The second-order valence-corrected chi connectivity index (χ2v) is 5.54. The fraction of sp³-hybridized carbons (Fsp3) is 0.714. The molecule has 1 heterocycles. The quantitative estimate of drug-likeness (QED) is 0.799. The lowest BCUT2D eigenvalue weighted by atomic mass is 10.1. The van der Waals surface area contributed by atoms with Gasteiger partial charge < -0.3 is 14.8 Å². The van der Waals surface area contributed by atoms with Crippen LogP contribution in [0.1, 0.15) is 44.6 Å². The maximum Gasteiger partial charge on any atom is 0.117 e. The van der Waals surface area contributed by atoms with Crippen molar-refractivity contribution < 1.29 is 9.52 Å². The standard InChI is InChI=1S/C14H23NO2/c1-9(2)13(8-16)15-7-11-4-5-14(17-11)12-6-10(12)3/h4-5,9-10,12-13,15-16H,6-8H2,1-3H3/t10?,12?,13-/m1/s1. The van der Waals surface area contributed by atoms with Crippen molar-refractivity contribution in [3.8, 4) is 0 Å². The summed E-state index contributed by atoms with van der Waals surface area (Å²) < 4.78 is 5.81. The third-order valence-electron chi connectivity index (χ3n) is 3.70. The summed E-state index contributed by atoms with van der Waals surface area (Å²) in [7, 11) is 0. The first-order valence-corrected chi connectivity index (χ1v) is 6.54. The van der Waals surface area contributed by atoms with E-state index in [2.05, 4.69) is 32.2 Å². The Hall–Kier alpha value is -0.800. The van der Waals surface area contributed by atoms with Gasteiger partial charge in [-0.05, 0) is 30.4 Å². The molecule has 0 saturated heterocycles. The molecule has 0 aromatic carbocycles. The van der Waals surface area contributed by atoms with Crippen LogP contribution in [0.4, 0.5) is 0 Å². The lowest BCUT2D eigenvalue weighted by Gasteiger charge is -2.19. The summed E-state index contributed by atoms with van der Waals surface area (Å²) in [5.74, 6) is 3.95. The molecule has 2 unspecified atom stereocenters. The fourth-order valence-electron chi connectivity index (χ4n) is 2.15. The summed E-state index contributed by atoms with van der Waals surface area (Å²) in [5.41, 5.74) is 0. The van der Waals surface area contributed by atoms with Gasteiger partial charge in [0.25, 0.3) is 0 Å². The van der Waals surface area contributed by atoms with E-state index in [9.17, 15) is 5.11 Å². The van der Waals surface area contributed by atoms with E-state index in [0.29, 0.717) is 18.4 Å². The minimum atomic E-state index is 0.142. The average Bonchev–Trinajstić information content (AvgIpc) is 2.84.